The van der Waals surface area contributed by atoms with Crippen LogP contribution in [-0.4, -0.2) is 11.6 Å². The van der Waals surface area contributed by atoms with E-state index in [1.807, 2.05) is 19.1 Å². The number of hydrogen-bond acceptors (Lipinski definition) is 1. The summed E-state index contributed by atoms with van der Waals surface area (Å²) in [5.74, 6) is -0.924. The van der Waals surface area contributed by atoms with Crippen LogP contribution < -0.4 is 5.73 Å². The number of carbonyl (C=O) groups is 1. The molecule has 0 heterocycles. The molecule has 0 radical (unpaired) electrons. The summed E-state index contributed by atoms with van der Waals surface area (Å²) in [6.45, 7) is 18.9. The van der Waals surface area contributed by atoms with E-state index in [1.54, 1.807) is 0 Å². The second kappa shape index (κ2) is 13.5. The van der Waals surface area contributed by atoms with Gasteiger partial charge in [0.05, 0.1) is 0 Å². The van der Waals surface area contributed by atoms with Gasteiger partial charge in [0.2, 0.25) is 0 Å². The smallest absolute Gasteiger partial charge is 0.254 e. The topological polar surface area (TPSA) is 43.1 Å². The van der Waals surface area contributed by atoms with Gasteiger partial charge in [0.15, 0.2) is 5.67 Å². The van der Waals surface area contributed by atoms with E-state index >= 15 is 0 Å². The Morgan fingerprint density at radius 1 is 1.26 bits per heavy atom. The number of hydrogen-bond donors (Lipinski definition) is 1. The van der Waals surface area contributed by atoms with Gasteiger partial charge in [0, 0.05) is 5.03 Å². The van der Waals surface area contributed by atoms with Crippen LogP contribution in [0.2, 0.25) is 0 Å². The van der Waals surface area contributed by atoms with E-state index < -0.39 is 11.6 Å². The van der Waals surface area contributed by atoms with Gasteiger partial charge in [0.25, 0.3) is 5.91 Å². The molecule has 0 bridgehead atoms. The fourth-order valence-electron chi connectivity index (χ4n) is 2.34. The van der Waals surface area contributed by atoms with Crippen LogP contribution in [0.15, 0.2) is 17.7 Å². The van der Waals surface area contributed by atoms with Crippen molar-refractivity contribution in [3.63, 3.8) is 0 Å². The van der Waals surface area contributed by atoms with Gasteiger partial charge in [-0.2, -0.15) is 0 Å². The first-order valence-electron chi connectivity index (χ1n) is 9.51. The molecule has 0 aromatic heterocycles. The molecule has 27 heavy (non-hydrogen) atoms. The van der Waals surface area contributed by atoms with Crippen LogP contribution in [0, 0.1) is 6.92 Å². The Labute approximate surface area is 170 Å². The van der Waals surface area contributed by atoms with Gasteiger partial charge < -0.3 is 5.73 Å². The summed E-state index contributed by atoms with van der Waals surface area (Å²) in [5, 5.41) is 0.808. The van der Waals surface area contributed by atoms with Crippen LogP contribution in [0.1, 0.15) is 82.7 Å². The zero-order chi connectivity index (χ0) is 21.8. The van der Waals surface area contributed by atoms with Gasteiger partial charge in [-0.3, -0.25) is 4.79 Å². The van der Waals surface area contributed by atoms with Crippen LogP contribution in [0.5, 0.6) is 0 Å². The largest absolute Gasteiger partial charge is 0.367 e. The lowest BCUT2D eigenvalue weighted by Crippen LogP contribution is -2.33. The van der Waals surface area contributed by atoms with Crippen molar-refractivity contribution in [2.45, 2.75) is 80.3 Å². The van der Waals surface area contributed by atoms with E-state index in [9.17, 15) is 9.18 Å². The molecule has 1 aromatic carbocycles. The molecule has 4 heteroatoms. The van der Waals surface area contributed by atoms with Crippen molar-refractivity contribution in [3.8, 4) is 0 Å². The van der Waals surface area contributed by atoms with Crippen molar-refractivity contribution in [1.29, 1.82) is 0 Å². The highest BCUT2D eigenvalue weighted by atomic mass is 35.5. The third-order valence-electron chi connectivity index (χ3n) is 3.77. The molecule has 0 aliphatic rings. The normalized spacial score (nSPS) is 11.0. The Kier molecular flexibility index (Phi) is 13.8. The van der Waals surface area contributed by atoms with Gasteiger partial charge >= 0.3 is 0 Å². The molecular formula is C23H37ClFNO. The summed E-state index contributed by atoms with van der Waals surface area (Å²) >= 11 is 6.01. The minimum Gasteiger partial charge on any atom is -0.367 e. The molecule has 1 rings (SSSR count). The summed E-state index contributed by atoms with van der Waals surface area (Å²) in [4.78, 5) is 9.87. The molecule has 2 N–H and O–H groups in total. The summed E-state index contributed by atoms with van der Waals surface area (Å²) in [6, 6.07) is 2.24. The Bertz CT molecular complexity index is 639. The molecular weight excluding hydrogens is 361 g/mol. The first kappa shape index (κ1) is 27.6. The number of carbonyl (C=O) groups excluding carboxylic acids is 1. The molecule has 0 saturated heterocycles. The molecule has 0 aliphatic carbocycles. The molecule has 0 unspecified atom stereocenters. The fraction of sp³-hybridized carbons (Fsp3) is 0.522. The summed E-state index contributed by atoms with van der Waals surface area (Å²) in [5.41, 5.74) is 9.28. The molecule has 0 aliphatic heterocycles. The number of nitrogens with two attached hydrogens (primary N) is 1. The van der Waals surface area contributed by atoms with E-state index in [0.29, 0.717) is 0 Å². The molecule has 154 valence electrons. The maximum absolute atomic E-state index is 12.0. The van der Waals surface area contributed by atoms with Gasteiger partial charge in [-0.1, -0.05) is 64.4 Å². The van der Waals surface area contributed by atoms with Crippen molar-refractivity contribution < 1.29 is 9.18 Å². The van der Waals surface area contributed by atoms with Crippen LogP contribution in [0.25, 0.3) is 12.2 Å². The van der Waals surface area contributed by atoms with Crippen molar-refractivity contribution in [2.24, 2.45) is 5.73 Å². The lowest BCUT2D eigenvalue weighted by molar-refractivity contribution is -0.127. The first-order valence-corrected chi connectivity index (χ1v) is 9.89. The number of amides is 1. The SMILES string of the molecule is C=Cc1cc(CC)c(CC)c(C)c1/C=C(\C)Cl.CC(C)(F)C(N)=O.CCC. The highest BCUT2D eigenvalue weighted by Gasteiger charge is 2.22. The van der Waals surface area contributed by atoms with E-state index in [-0.39, 0.29) is 0 Å². The van der Waals surface area contributed by atoms with Gasteiger partial charge in [-0.25, -0.2) is 4.39 Å². The molecule has 1 aromatic rings. The standard InChI is InChI=1S/C16H21Cl.C4H8FNO.C3H8/c1-6-13-10-14(7-2)16(9-11(4)17)12(5)15(13)8-3;1-4(2,5)3(6)7;1-3-2/h7,9-10H,2,6,8H2,1,3-5H3;1-2H3,(H2,6,7);3H2,1-2H3/b11-9+;;. The van der Waals surface area contributed by atoms with Gasteiger partial charge in [-0.05, 0) is 74.4 Å². The minimum atomic E-state index is -1.86. The van der Waals surface area contributed by atoms with E-state index in [2.05, 4.69) is 53.0 Å². The molecule has 0 saturated carbocycles. The monoisotopic (exact) mass is 397 g/mol. The maximum atomic E-state index is 12.0. The van der Waals surface area contributed by atoms with Gasteiger partial charge in [0.1, 0.15) is 0 Å². The summed E-state index contributed by atoms with van der Waals surface area (Å²) < 4.78 is 12.0. The lowest BCUT2D eigenvalue weighted by atomic mass is 9.89. The quantitative estimate of drug-likeness (QED) is 0.571. The minimum absolute atomic E-state index is 0.808. The summed E-state index contributed by atoms with van der Waals surface area (Å²) in [7, 11) is 0. The molecule has 0 atom stereocenters. The van der Waals surface area contributed by atoms with Gasteiger partial charge in [-0.15, -0.1) is 0 Å². The Hall–Kier alpha value is -1.61. The number of aryl methyl sites for hydroxylation is 1. The van der Waals surface area contributed by atoms with Crippen LogP contribution in [0.4, 0.5) is 4.39 Å². The highest BCUT2D eigenvalue weighted by molar-refractivity contribution is 6.31. The third kappa shape index (κ3) is 10.3. The van der Waals surface area contributed by atoms with Crippen LogP contribution >= 0.6 is 11.6 Å². The highest BCUT2D eigenvalue weighted by Crippen LogP contribution is 2.27. The van der Waals surface area contributed by atoms with E-state index in [4.69, 9.17) is 11.6 Å². The number of allylic oxidation sites excluding steroid dienone is 1. The number of alkyl halides is 1. The third-order valence-corrected chi connectivity index (χ3v) is 3.88. The molecule has 1 amide bonds. The summed E-state index contributed by atoms with van der Waals surface area (Å²) in [6.07, 6.45) is 7.33. The van der Waals surface area contributed by atoms with Crippen LogP contribution in [-0.2, 0) is 17.6 Å². The maximum Gasteiger partial charge on any atom is 0.254 e. The Balaban J connectivity index is 0. The van der Waals surface area contributed by atoms with E-state index in [0.717, 1.165) is 31.7 Å². The Morgan fingerprint density at radius 2 is 1.70 bits per heavy atom. The second-order valence-corrected chi connectivity index (χ2v) is 7.42. The zero-order valence-corrected chi connectivity index (χ0v) is 19.1. The molecule has 0 fully saturated rings. The second-order valence-electron chi connectivity index (χ2n) is 6.83. The first-order chi connectivity index (χ1) is 12.4. The van der Waals surface area contributed by atoms with Crippen molar-refractivity contribution in [3.05, 3.63) is 45.5 Å². The number of primary amides is 1. The zero-order valence-electron chi connectivity index (χ0n) is 18.3. The van der Waals surface area contributed by atoms with Crippen molar-refractivity contribution in [1.82, 2.24) is 0 Å². The average molecular weight is 398 g/mol. The van der Waals surface area contributed by atoms with Crippen molar-refractivity contribution >= 4 is 29.7 Å². The number of rotatable bonds is 5. The van der Waals surface area contributed by atoms with Crippen LogP contribution in [0.3, 0.4) is 0 Å². The predicted molar refractivity (Wildman–Crippen MR) is 120 cm³/mol. The number of halogens is 2. The van der Waals surface area contributed by atoms with E-state index in [1.165, 1.54) is 34.2 Å². The molecule has 0 spiro atoms. The molecule has 2 nitrogen and oxygen atoms in total. The number of benzene rings is 1. The predicted octanol–water partition coefficient (Wildman–Crippen LogP) is 7.00. The average Bonchev–Trinajstić information content (AvgIpc) is 2.56. The Morgan fingerprint density at radius 3 is 1.96 bits per heavy atom. The fourth-order valence-corrected chi connectivity index (χ4v) is 2.45. The van der Waals surface area contributed by atoms with Crippen molar-refractivity contribution in [2.75, 3.05) is 0 Å². The lowest BCUT2D eigenvalue weighted by Gasteiger charge is -2.16.